The van der Waals surface area contributed by atoms with Gasteiger partial charge in [-0.05, 0) is 50.6 Å². The predicted octanol–water partition coefficient (Wildman–Crippen LogP) is 3.98. The van der Waals surface area contributed by atoms with Crippen molar-refractivity contribution in [3.63, 3.8) is 0 Å². The van der Waals surface area contributed by atoms with E-state index in [9.17, 15) is 14.4 Å². The smallest absolute Gasteiger partial charge is 0.375 e. The minimum absolute atomic E-state index is 0.0282. The Hall–Kier alpha value is -4.01. The van der Waals surface area contributed by atoms with Gasteiger partial charge in [-0.3, -0.25) is 4.79 Å². The zero-order chi connectivity index (χ0) is 24.8. The highest BCUT2D eigenvalue weighted by atomic mass is 16.6. The van der Waals surface area contributed by atoms with Crippen LogP contribution < -0.4 is 19.6 Å². The molecule has 0 spiro atoms. The largest absolute Gasteiger partial charge is 0.493 e. The number of fused-ring (bicyclic) bond motifs is 1. The van der Waals surface area contributed by atoms with Gasteiger partial charge in [-0.25, -0.2) is 9.59 Å². The number of hydrogen-bond donors (Lipinski definition) is 0. The van der Waals surface area contributed by atoms with E-state index in [1.165, 1.54) is 32.4 Å². The van der Waals surface area contributed by atoms with E-state index in [1.807, 2.05) is 0 Å². The topological polar surface area (TPSA) is 111 Å². The fourth-order valence-corrected chi connectivity index (χ4v) is 3.35. The number of esters is 2. The van der Waals surface area contributed by atoms with Crippen molar-refractivity contribution in [2.75, 3.05) is 27.4 Å². The average molecular weight is 470 g/mol. The molecule has 1 heterocycles. The number of rotatable bonds is 9. The van der Waals surface area contributed by atoms with Crippen LogP contribution in [-0.2, 0) is 14.3 Å². The first-order valence-electron chi connectivity index (χ1n) is 10.7. The molecule has 0 aliphatic carbocycles. The molecule has 180 valence electrons. The summed E-state index contributed by atoms with van der Waals surface area (Å²) >= 11 is 0. The normalized spacial score (nSPS) is 11.6. The van der Waals surface area contributed by atoms with E-state index in [0.717, 1.165) is 0 Å². The van der Waals surface area contributed by atoms with E-state index in [-0.39, 0.29) is 41.3 Å². The lowest BCUT2D eigenvalue weighted by molar-refractivity contribution is -0.150. The minimum atomic E-state index is -0.875. The van der Waals surface area contributed by atoms with Crippen LogP contribution in [0.5, 0.6) is 17.2 Å². The van der Waals surface area contributed by atoms with Crippen molar-refractivity contribution in [3.05, 3.63) is 52.4 Å². The molecule has 0 aliphatic heterocycles. The quantitative estimate of drug-likeness (QED) is 0.429. The highest BCUT2D eigenvalue weighted by Crippen LogP contribution is 2.34. The van der Waals surface area contributed by atoms with Crippen LogP contribution in [0, 0.1) is 0 Å². The second-order valence-corrected chi connectivity index (χ2v) is 7.10. The number of ether oxygens (including phenoxy) is 5. The first-order chi connectivity index (χ1) is 16.3. The monoisotopic (exact) mass is 470 g/mol. The highest BCUT2D eigenvalue weighted by Gasteiger charge is 2.25. The lowest BCUT2D eigenvalue weighted by Crippen LogP contribution is -2.26. The first-order valence-corrected chi connectivity index (χ1v) is 10.7. The average Bonchev–Trinajstić information content (AvgIpc) is 2.83. The molecule has 0 bridgehead atoms. The fraction of sp³-hybridized carbons (Fsp3) is 0.320. The number of methoxy groups -OCH3 is 2. The van der Waals surface area contributed by atoms with Gasteiger partial charge in [-0.1, -0.05) is 6.07 Å². The van der Waals surface area contributed by atoms with Crippen molar-refractivity contribution in [3.8, 4) is 28.4 Å². The molecule has 0 amide bonds. The van der Waals surface area contributed by atoms with Gasteiger partial charge < -0.3 is 28.1 Å². The molecule has 0 aliphatic rings. The molecule has 1 aromatic heterocycles. The van der Waals surface area contributed by atoms with Gasteiger partial charge in [0.15, 0.2) is 17.6 Å². The summed E-state index contributed by atoms with van der Waals surface area (Å²) in [6.45, 7) is 5.20. The standard InChI is InChI=1S/C25H26O9/c1-6-31-24(27)14(3)33-16-9-10-17-19(13-16)34-23(25(28)32-7-2)21(22(17)26)15-8-11-18(29-4)20(12-15)30-5/h8-14H,6-7H2,1-5H3. The second-order valence-electron chi connectivity index (χ2n) is 7.10. The third-order valence-electron chi connectivity index (χ3n) is 4.93. The van der Waals surface area contributed by atoms with Crippen LogP contribution in [0.25, 0.3) is 22.1 Å². The zero-order valence-electron chi connectivity index (χ0n) is 19.6. The molecule has 0 saturated heterocycles. The van der Waals surface area contributed by atoms with E-state index in [0.29, 0.717) is 17.1 Å². The fourth-order valence-electron chi connectivity index (χ4n) is 3.35. The SMILES string of the molecule is CCOC(=O)c1oc2cc(OC(C)C(=O)OCC)ccc2c(=O)c1-c1ccc(OC)c(OC)c1. The Morgan fingerprint density at radius 2 is 1.65 bits per heavy atom. The van der Waals surface area contributed by atoms with Crippen molar-refractivity contribution in [1.29, 1.82) is 0 Å². The molecule has 9 heteroatoms. The summed E-state index contributed by atoms with van der Waals surface area (Å²) in [4.78, 5) is 38.1. The number of carbonyl (C=O) groups is 2. The Morgan fingerprint density at radius 1 is 0.941 bits per heavy atom. The van der Waals surface area contributed by atoms with Crippen molar-refractivity contribution >= 4 is 22.9 Å². The molecule has 34 heavy (non-hydrogen) atoms. The summed E-state index contributed by atoms with van der Waals surface area (Å²) in [5, 5.41) is 0.217. The summed E-state index contributed by atoms with van der Waals surface area (Å²) in [5.74, 6) is -0.470. The predicted molar refractivity (Wildman–Crippen MR) is 124 cm³/mol. The molecule has 1 atom stereocenters. The summed E-state index contributed by atoms with van der Waals surface area (Å²) in [6.07, 6.45) is -0.875. The van der Waals surface area contributed by atoms with E-state index in [4.69, 9.17) is 28.1 Å². The van der Waals surface area contributed by atoms with Gasteiger partial charge in [-0.2, -0.15) is 0 Å². The Morgan fingerprint density at radius 3 is 2.29 bits per heavy atom. The van der Waals surface area contributed by atoms with Crippen LogP contribution in [0.15, 0.2) is 45.6 Å². The molecule has 0 saturated carbocycles. The van der Waals surface area contributed by atoms with Crippen LogP contribution in [0.4, 0.5) is 0 Å². The first kappa shape index (κ1) is 24.6. The van der Waals surface area contributed by atoms with Gasteiger partial charge in [0.1, 0.15) is 11.3 Å². The van der Waals surface area contributed by atoms with Crippen LogP contribution in [0.2, 0.25) is 0 Å². The number of benzene rings is 2. The molecular formula is C25H26O9. The lowest BCUT2D eigenvalue weighted by atomic mass is 10.0. The number of carbonyl (C=O) groups excluding carboxylic acids is 2. The van der Waals surface area contributed by atoms with E-state index >= 15 is 0 Å². The van der Waals surface area contributed by atoms with Crippen molar-refractivity contribution in [2.24, 2.45) is 0 Å². The maximum Gasteiger partial charge on any atom is 0.375 e. The molecule has 0 fully saturated rings. The second kappa shape index (κ2) is 10.7. The lowest BCUT2D eigenvalue weighted by Gasteiger charge is -2.15. The zero-order valence-corrected chi connectivity index (χ0v) is 19.6. The Balaban J connectivity index is 2.17. The maximum atomic E-state index is 13.5. The Kier molecular flexibility index (Phi) is 7.78. The Bertz CT molecular complexity index is 1260. The van der Waals surface area contributed by atoms with Crippen LogP contribution in [0.3, 0.4) is 0 Å². The summed E-state index contributed by atoms with van der Waals surface area (Å²) in [7, 11) is 2.96. The molecule has 3 aromatic rings. The van der Waals surface area contributed by atoms with Crippen molar-refractivity contribution < 1.29 is 37.7 Å². The van der Waals surface area contributed by atoms with Gasteiger partial charge in [0.2, 0.25) is 11.2 Å². The third-order valence-corrected chi connectivity index (χ3v) is 4.93. The maximum absolute atomic E-state index is 13.5. The van der Waals surface area contributed by atoms with Gasteiger partial charge in [0, 0.05) is 6.07 Å². The van der Waals surface area contributed by atoms with E-state index in [1.54, 1.807) is 39.0 Å². The van der Waals surface area contributed by atoms with Gasteiger partial charge >= 0.3 is 11.9 Å². The minimum Gasteiger partial charge on any atom is -0.493 e. The molecule has 0 N–H and O–H groups in total. The summed E-state index contributed by atoms with van der Waals surface area (Å²) in [5.41, 5.74) is 0.0837. The molecule has 3 rings (SSSR count). The van der Waals surface area contributed by atoms with Gasteiger partial charge in [0.25, 0.3) is 0 Å². The highest BCUT2D eigenvalue weighted by molar-refractivity contribution is 5.98. The number of hydrogen-bond acceptors (Lipinski definition) is 9. The van der Waals surface area contributed by atoms with Gasteiger partial charge in [0.05, 0.1) is 38.4 Å². The summed E-state index contributed by atoms with van der Waals surface area (Å²) in [6, 6.07) is 9.32. The Labute approximate surface area is 196 Å². The third kappa shape index (κ3) is 4.98. The molecular weight excluding hydrogens is 444 g/mol. The molecule has 0 radical (unpaired) electrons. The van der Waals surface area contributed by atoms with Gasteiger partial charge in [-0.15, -0.1) is 0 Å². The van der Waals surface area contributed by atoms with Crippen LogP contribution in [-0.4, -0.2) is 45.5 Å². The summed E-state index contributed by atoms with van der Waals surface area (Å²) < 4.78 is 32.1. The van der Waals surface area contributed by atoms with E-state index in [2.05, 4.69) is 0 Å². The van der Waals surface area contributed by atoms with Crippen molar-refractivity contribution in [2.45, 2.75) is 26.9 Å². The van der Waals surface area contributed by atoms with Crippen molar-refractivity contribution in [1.82, 2.24) is 0 Å². The van der Waals surface area contributed by atoms with E-state index < -0.39 is 23.5 Å². The van der Waals surface area contributed by atoms with Crippen LogP contribution >= 0.6 is 0 Å². The molecule has 9 nitrogen and oxygen atoms in total. The molecule has 1 unspecified atom stereocenters. The van der Waals surface area contributed by atoms with Crippen LogP contribution in [0.1, 0.15) is 31.3 Å². The molecule has 2 aromatic carbocycles.